The molecule has 0 radical (unpaired) electrons. The highest BCUT2D eigenvalue weighted by atomic mass is 16.3. The third kappa shape index (κ3) is 6.12. The maximum Gasteiger partial charge on any atom is 0.162 e. The van der Waals surface area contributed by atoms with Crippen LogP contribution in [0.5, 0.6) is 0 Å². The average molecular weight is 832 g/mol. The summed E-state index contributed by atoms with van der Waals surface area (Å²) in [6.07, 6.45) is 13.9. The minimum atomic E-state index is -0.489. The lowest BCUT2D eigenvalue weighted by molar-refractivity contribution is 0.253. The van der Waals surface area contributed by atoms with Crippen LogP contribution in [0.25, 0.3) is 66.7 Å². The fourth-order valence-corrected chi connectivity index (χ4v) is 10.8. The summed E-state index contributed by atoms with van der Waals surface area (Å²) in [5.74, 6) is 2.51. The smallest absolute Gasteiger partial charge is 0.162 e. The lowest BCUT2D eigenvalue weighted by Gasteiger charge is -2.43. The number of allylic oxidation sites excluding steroid dienone is 5. The zero-order chi connectivity index (χ0) is 43.2. The van der Waals surface area contributed by atoms with Crippen molar-refractivity contribution < 1.29 is 8.83 Å². The summed E-state index contributed by atoms with van der Waals surface area (Å²) in [4.78, 5) is 13.4. The Bertz CT molecular complexity index is 3420. The number of amidine groups is 1. The van der Waals surface area contributed by atoms with Gasteiger partial charge in [0.15, 0.2) is 5.58 Å². The molecule has 0 fully saturated rings. The van der Waals surface area contributed by atoms with Gasteiger partial charge in [0.1, 0.15) is 28.5 Å². The summed E-state index contributed by atoms with van der Waals surface area (Å²) in [6, 6.07) is 52.4. The van der Waals surface area contributed by atoms with Crippen LogP contribution in [-0.2, 0) is 11.0 Å². The molecule has 3 aromatic heterocycles. The molecule has 0 saturated heterocycles. The van der Waals surface area contributed by atoms with Crippen LogP contribution in [0.15, 0.2) is 184 Å². The van der Waals surface area contributed by atoms with Gasteiger partial charge < -0.3 is 13.7 Å². The van der Waals surface area contributed by atoms with Crippen LogP contribution in [0.3, 0.4) is 0 Å². The van der Waals surface area contributed by atoms with E-state index in [9.17, 15) is 0 Å². The molecule has 64 heavy (non-hydrogen) atoms. The Morgan fingerprint density at radius 2 is 1.38 bits per heavy atom. The largest absolute Gasteiger partial charge is 0.459 e. The summed E-state index contributed by atoms with van der Waals surface area (Å²) in [6.45, 7) is 6.88. The predicted molar refractivity (Wildman–Crippen MR) is 264 cm³/mol. The second-order valence-corrected chi connectivity index (χ2v) is 18.6. The zero-order valence-corrected chi connectivity index (χ0v) is 36.7. The van der Waals surface area contributed by atoms with Gasteiger partial charge in [0.25, 0.3) is 0 Å². The van der Waals surface area contributed by atoms with Crippen molar-refractivity contribution in [1.82, 2.24) is 9.88 Å². The van der Waals surface area contributed by atoms with E-state index in [1.165, 1.54) is 38.8 Å². The normalized spacial score (nSPS) is 22.0. The molecule has 5 heteroatoms. The van der Waals surface area contributed by atoms with E-state index in [1.807, 2.05) is 12.1 Å². The fraction of sp³-hybridized carbons (Fsp3) is 0.186. The van der Waals surface area contributed by atoms with Crippen LogP contribution in [0, 0.1) is 5.92 Å². The van der Waals surface area contributed by atoms with Crippen LogP contribution >= 0.6 is 0 Å². The van der Waals surface area contributed by atoms with E-state index in [-0.39, 0.29) is 11.5 Å². The fourth-order valence-electron chi connectivity index (χ4n) is 10.8. The van der Waals surface area contributed by atoms with Crippen molar-refractivity contribution in [2.75, 3.05) is 7.05 Å². The number of furan rings is 2. The summed E-state index contributed by atoms with van der Waals surface area (Å²) in [5.41, 5.74) is 13.2. The van der Waals surface area contributed by atoms with E-state index in [2.05, 4.69) is 197 Å². The van der Waals surface area contributed by atoms with Crippen molar-refractivity contribution in [3.05, 3.63) is 209 Å². The third-order valence-corrected chi connectivity index (χ3v) is 14.4. The van der Waals surface area contributed by atoms with Crippen LogP contribution in [0.4, 0.5) is 0 Å². The van der Waals surface area contributed by atoms with Gasteiger partial charge in [-0.1, -0.05) is 165 Å². The van der Waals surface area contributed by atoms with E-state index in [4.69, 9.17) is 18.8 Å². The van der Waals surface area contributed by atoms with Gasteiger partial charge in [-0.3, -0.25) is 4.99 Å². The summed E-state index contributed by atoms with van der Waals surface area (Å²) in [7, 11) is 2.19. The Labute approximate surface area is 373 Å². The Morgan fingerprint density at radius 3 is 2.16 bits per heavy atom. The van der Waals surface area contributed by atoms with Gasteiger partial charge in [-0.05, 0) is 78.6 Å². The number of aliphatic imine (C=N–C) groups is 1. The van der Waals surface area contributed by atoms with Gasteiger partial charge in [0.05, 0.1) is 22.5 Å². The highest BCUT2D eigenvalue weighted by Gasteiger charge is 2.40. The number of rotatable bonds is 6. The summed E-state index contributed by atoms with van der Waals surface area (Å²) in [5, 5.41) is 4.48. The molecule has 0 saturated carbocycles. The van der Waals surface area contributed by atoms with Crippen molar-refractivity contribution >= 4 is 61.3 Å². The van der Waals surface area contributed by atoms with E-state index < -0.39 is 5.54 Å². The molecule has 4 atom stereocenters. The third-order valence-electron chi connectivity index (χ3n) is 14.4. The van der Waals surface area contributed by atoms with E-state index >= 15 is 0 Å². The van der Waals surface area contributed by atoms with Crippen molar-refractivity contribution in [2.24, 2.45) is 10.9 Å². The number of para-hydroxylation sites is 2. The topological polar surface area (TPSA) is 54.8 Å². The van der Waals surface area contributed by atoms with Crippen molar-refractivity contribution in [3.8, 4) is 11.3 Å². The van der Waals surface area contributed by atoms with Crippen LogP contribution < -0.4 is 0 Å². The molecular weight excluding hydrogens is 783 g/mol. The molecule has 312 valence electrons. The number of hydrogen-bond donors (Lipinski definition) is 0. The van der Waals surface area contributed by atoms with Crippen LogP contribution in [0.1, 0.15) is 85.2 Å². The number of pyridine rings is 1. The Kier molecular flexibility index (Phi) is 8.81. The number of fused-ring (bicyclic) bond motifs is 8. The van der Waals surface area contributed by atoms with E-state index in [0.29, 0.717) is 5.92 Å². The Balaban J connectivity index is 0.941. The van der Waals surface area contributed by atoms with Crippen molar-refractivity contribution in [1.29, 1.82) is 0 Å². The minimum Gasteiger partial charge on any atom is -0.459 e. The molecule has 5 nitrogen and oxygen atoms in total. The molecule has 9 aromatic rings. The molecular formula is C59H49N3O2. The standard InChI is InChI=1S/C59H49N3O2/c1-37-14-12-17-41(34-37)42-27-32-47-49(35-42)60-54(55-53(47)48-19-9-11-22-52(48)63-55)39-23-25-40(26-24-39)57-61-59(3,36-50(62(57)4)38-15-6-5-7-16-38)44-30-28-43(29-31-44)58(2)33-13-20-46-45-18-8-10-21-51(45)64-56(46)58/h5-32,35,37,50H,33-34,36H2,1-4H3. The molecule has 0 amide bonds. The van der Waals surface area contributed by atoms with Crippen molar-refractivity contribution in [2.45, 2.75) is 57.0 Å². The van der Waals surface area contributed by atoms with Crippen molar-refractivity contribution in [3.63, 3.8) is 0 Å². The monoisotopic (exact) mass is 831 g/mol. The van der Waals surface area contributed by atoms with Gasteiger partial charge >= 0.3 is 0 Å². The molecule has 6 aromatic carbocycles. The molecule has 12 rings (SSSR count). The van der Waals surface area contributed by atoms with Gasteiger partial charge in [0, 0.05) is 51.7 Å². The number of aromatic nitrogens is 1. The maximum absolute atomic E-state index is 6.67. The second-order valence-electron chi connectivity index (χ2n) is 18.6. The molecule has 1 aliphatic heterocycles. The maximum atomic E-state index is 6.67. The molecule has 0 spiro atoms. The van der Waals surface area contributed by atoms with Crippen LogP contribution in [0.2, 0.25) is 0 Å². The van der Waals surface area contributed by atoms with E-state index in [1.54, 1.807) is 0 Å². The molecule has 0 N–H and O–H groups in total. The minimum absolute atomic E-state index is 0.112. The molecule has 0 bridgehead atoms. The number of nitrogens with zero attached hydrogens (tertiary/aromatic N) is 3. The lowest BCUT2D eigenvalue weighted by Crippen LogP contribution is -2.42. The first-order valence-corrected chi connectivity index (χ1v) is 22.6. The molecule has 2 aliphatic carbocycles. The summed E-state index contributed by atoms with van der Waals surface area (Å²) < 4.78 is 13.3. The zero-order valence-electron chi connectivity index (χ0n) is 36.7. The first-order valence-electron chi connectivity index (χ1n) is 22.6. The van der Waals surface area contributed by atoms with Gasteiger partial charge in [-0.2, -0.15) is 0 Å². The van der Waals surface area contributed by atoms with Gasteiger partial charge in [-0.25, -0.2) is 4.98 Å². The molecule has 4 heterocycles. The SMILES string of the molecule is CC1C=CC=C(c2ccc3c(c2)nc(-c2ccc(C4=NC(C)(c5ccc(C6(C)CC=Cc7c6oc6ccccc76)cc5)CC(c5ccccc5)N4C)cc2)c2oc4ccccc4c23)C1. The first-order chi connectivity index (χ1) is 31.2. The number of hydrogen-bond acceptors (Lipinski definition) is 5. The number of benzene rings is 6. The first kappa shape index (κ1) is 38.4. The molecule has 3 aliphatic rings. The predicted octanol–water partition coefficient (Wildman–Crippen LogP) is 15.0. The quantitative estimate of drug-likeness (QED) is 0.167. The molecule has 4 unspecified atom stereocenters. The average Bonchev–Trinajstić information content (AvgIpc) is 3.93. The van der Waals surface area contributed by atoms with Crippen LogP contribution in [-0.4, -0.2) is 22.8 Å². The lowest BCUT2D eigenvalue weighted by atomic mass is 9.72. The van der Waals surface area contributed by atoms with Gasteiger partial charge in [-0.15, -0.1) is 0 Å². The highest BCUT2D eigenvalue weighted by molar-refractivity contribution is 6.21. The highest BCUT2D eigenvalue weighted by Crippen LogP contribution is 2.48. The van der Waals surface area contributed by atoms with E-state index in [0.717, 1.165) is 86.1 Å². The Hall–Kier alpha value is -7.24. The Morgan fingerprint density at radius 1 is 0.688 bits per heavy atom. The second kappa shape index (κ2) is 14.7. The summed E-state index contributed by atoms with van der Waals surface area (Å²) >= 11 is 0. The van der Waals surface area contributed by atoms with Gasteiger partial charge in [0.2, 0.25) is 0 Å².